The van der Waals surface area contributed by atoms with Crippen LogP contribution >= 0.6 is 0 Å². The first-order valence-corrected chi connectivity index (χ1v) is 12.7. The van der Waals surface area contributed by atoms with Crippen LogP contribution in [0.3, 0.4) is 0 Å². The molecule has 0 spiro atoms. The van der Waals surface area contributed by atoms with Crippen molar-refractivity contribution in [1.82, 2.24) is 15.2 Å². The molecule has 0 aliphatic carbocycles. The van der Waals surface area contributed by atoms with Crippen molar-refractivity contribution in [2.75, 3.05) is 7.11 Å². The Balaban J connectivity index is 1.70. The molecule has 1 aromatic heterocycles. The lowest BCUT2D eigenvalue weighted by Crippen LogP contribution is -2.54. The molecule has 4 aromatic carbocycles. The summed E-state index contributed by atoms with van der Waals surface area (Å²) in [6.45, 7) is 0. The maximum absolute atomic E-state index is 14.2. The predicted molar refractivity (Wildman–Crippen MR) is 147 cm³/mol. The van der Waals surface area contributed by atoms with Gasteiger partial charge in [0, 0.05) is 6.42 Å². The number of aromatic nitrogens is 3. The minimum atomic E-state index is -0.976. The first-order valence-electron chi connectivity index (χ1n) is 12.7. The SMILES string of the molecule is COC(=O)CC[C@H](NC(c1ccccc1)(c1ccccc1)c1ccccc1)C(=O)n1n[n+]([O-])c2ccccc21. The van der Waals surface area contributed by atoms with Crippen LogP contribution in [-0.2, 0) is 15.1 Å². The first kappa shape index (κ1) is 25.8. The number of carbonyl (C=O) groups is 2. The second-order valence-electron chi connectivity index (χ2n) is 9.16. The smallest absolute Gasteiger partial charge is 0.352 e. The molecule has 0 saturated carbocycles. The third-order valence-corrected chi connectivity index (χ3v) is 6.87. The Bertz CT molecular complexity index is 1470. The molecule has 196 valence electrons. The van der Waals surface area contributed by atoms with Crippen molar-refractivity contribution < 1.29 is 19.2 Å². The monoisotopic (exact) mass is 520 g/mol. The summed E-state index contributed by atoms with van der Waals surface area (Å²) in [4.78, 5) is 26.8. The molecule has 0 saturated heterocycles. The first-order chi connectivity index (χ1) is 19.0. The van der Waals surface area contributed by atoms with E-state index in [2.05, 4.69) is 10.5 Å². The molecular formula is C31H28N4O4. The predicted octanol–water partition coefficient (Wildman–Crippen LogP) is 4.21. The van der Waals surface area contributed by atoms with Gasteiger partial charge in [0.25, 0.3) is 0 Å². The highest BCUT2D eigenvalue weighted by atomic mass is 16.5. The minimum Gasteiger partial charge on any atom is -0.691 e. The average Bonchev–Trinajstić information content (AvgIpc) is 3.34. The van der Waals surface area contributed by atoms with Gasteiger partial charge in [-0.1, -0.05) is 108 Å². The van der Waals surface area contributed by atoms with Gasteiger partial charge in [0.15, 0.2) is 0 Å². The molecule has 0 aliphatic rings. The summed E-state index contributed by atoms with van der Waals surface area (Å²) in [6, 6.07) is 35.3. The molecule has 39 heavy (non-hydrogen) atoms. The van der Waals surface area contributed by atoms with E-state index in [4.69, 9.17) is 4.74 Å². The van der Waals surface area contributed by atoms with Crippen molar-refractivity contribution in [2.24, 2.45) is 0 Å². The van der Waals surface area contributed by atoms with Crippen LogP contribution in [0.5, 0.6) is 0 Å². The molecule has 0 radical (unpaired) electrons. The van der Waals surface area contributed by atoms with Gasteiger partial charge in [-0.2, -0.15) is 0 Å². The van der Waals surface area contributed by atoms with Gasteiger partial charge in [-0.3, -0.25) is 10.1 Å². The van der Waals surface area contributed by atoms with Gasteiger partial charge >= 0.3 is 11.9 Å². The van der Waals surface area contributed by atoms with E-state index >= 15 is 0 Å². The van der Waals surface area contributed by atoms with Gasteiger partial charge in [0.2, 0.25) is 11.0 Å². The lowest BCUT2D eigenvalue weighted by atomic mass is 9.76. The van der Waals surface area contributed by atoms with Crippen LogP contribution in [0.15, 0.2) is 115 Å². The van der Waals surface area contributed by atoms with Crippen LogP contribution in [0.4, 0.5) is 0 Å². The number of hydrogen-bond acceptors (Lipinski definition) is 6. The Hall–Kier alpha value is -4.82. The normalized spacial score (nSPS) is 12.2. The molecule has 1 atom stereocenters. The van der Waals surface area contributed by atoms with E-state index in [9.17, 15) is 14.8 Å². The Labute approximate surface area is 226 Å². The van der Waals surface area contributed by atoms with Crippen LogP contribution in [0.2, 0.25) is 0 Å². The number of para-hydroxylation sites is 2. The molecule has 1 heterocycles. The summed E-state index contributed by atoms with van der Waals surface area (Å²) in [5.41, 5.74) is 2.40. The molecule has 5 rings (SSSR count). The zero-order chi connectivity index (χ0) is 27.2. The van der Waals surface area contributed by atoms with E-state index < -0.39 is 23.5 Å². The Morgan fingerprint density at radius 2 is 1.33 bits per heavy atom. The molecule has 1 N–H and O–H groups in total. The van der Waals surface area contributed by atoms with Gasteiger partial charge < -0.3 is 9.94 Å². The summed E-state index contributed by atoms with van der Waals surface area (Å²) in [5.74, 6) is -0.902. The number of esters is 1. The fraction of sp³-hybridized carbons (Fsp3) is 0.161. The lowest BCUT2D eigenvalue weighted by molar-refractivity contribution is -0.645. The number of carbonyl (C=O) groups excluding carboxylic acids is 2. The quantitative estimate of drug-likeness (QED) is 0.135. The molecule has 0 fully saturated rings. The summed E-state index contributed by atoms with van der Waals surface area (Å²) in [5, 5.41) is 20.1. The minimum absolute atomic E-state index is 0.00900. The standard InChI is InChI=1S/C31H28N4O4/c1-39-29(36)22-21-26(30(37)34-27-19-11-12-20-28(27)35(38)33-34)32-31(23-13-5-2-6-14-23,24-15-7-3-8-16-24)25-17-9-4-10-18-25/h2-20,26,32H,21-22H2,1H3/t26-/m0/s1. The van der Waals surface area contributed by atoms with Gasteiger partial charge in [-0.25, -0.2) is 4.79 Å². The average molecular weight is 521 g/mol. The van der Waals surface area contributed by atoms with Crippen molar-refractivity contribution in [2.45, 2.75) is 24.4 Å². The number of nitrogens with zero attached hydrogens (tertiary/aromatic N) is 3. The zero-order valence-electron chi connectivity index (χ0n) is 21.4. The maximum atomic E-state index is 14.2. The zero-order valence-corrected chi connectivity index (χ0v) is 21.4. The highest BCUT2D eigenvalue weighted by Gasteiger charge is 2.42. The molecule has 0 unspecified atom stereocenters. The van der Waals surface area contributed by atoms with Crippen LogP contribution in [0.25, 0.3) is 11.0 Å². The maximum Gasteiger partial charge on any atom is 0.352 e. The number of ether oxygens (including phenoxy) is 1. The van der Waals surface area contributed by atoms with Crippen molar-refractivity contribution in [3.63, 3.8) is 0 Å². The Morgan fingerprint density at radius 1 is 0.846 bits per heavy atom. The lowest BCUT2D eigenvalue weighted by Gasteiger charge is -2.39. The second kappa shape index (κ2) is 11.3. The largest absolute Gasteiger partial charge is 0.691 e. The van der Waals surface area contributed by atoms with Crippen LogP contribution in [-0.4, -0.2) is 34.9 Å². The summed E-state index contributed by atoms with van der Waals surface area (Å²) < 4.78 is 6.00. The van der Waals surface area contributed by atoms with Gasteiger partial charge in [-0.15, -0.1) is 4.85 Å². The highest BCUT2D eigenvalue weighted by molar-refractivity contribution is 5.91. The van der Waals surface area contributed by atoms with Crippen LogP contribution in [0.1, 0.15) is 34.3 Å². The molecular weight excluding hydrogens is 492 g/mol. The van der Waals surface area contributed by atoms with E-state index in [1.165, 1.54) is 7.11 Å². The third kappa shape index (κ3) is 5.02. The number of nitrogens with one attached hydrogen (secondary N) is 1. The van der Waals surface area contributed by atoms with E-state index in [-0.39, 0.29) is 18.4 Å². The fourth-order valence-corrected chi connectivity index (χ4v) is 4.99. The van der Waals surface area contributed by atoms with Crippen LogP contribution in [0, 0.1) is 5.21 Å². The molecule has 8 nitrogen and oxygen atoms in total. The van der Waals surface area contributed by atoms with Crippen molar-refractivity contribution >= 4 is 22.9 Å². The van der Waals surface area contributed by atoms with Gasteiger partial charge in [0.05, 0.1) is 12.6 Å². The van der Waals surface area contributed by atoms with Crippen molar-refractivity contribution in [1.29, 1.82) is 0 Å². The fourth-order valence-electron chi connectivity index (χ4n) is 4.99. The number of benzene rings is 4. The molecule has 0 amide bonds. The summed E-state index contributed by atoms with van der Waals surface area (Å²) in [7, 11) is 1.32. The van der Waals surface area contributed by atoms with E-state index in [0.717, 1.165) is 21.4 Å². The number of rotatable bonds is 9. The molecule has 5 aromatic rings. The van der Waals surface area contributed by atoms with E-state index in [1.54, 1.807) is 24.3 Å². The van der Waals surface area contributed by atoms with Crippen LogP contribution < -0.4 is 10.2 Å². The topological polar surface area (TPSA) is 100 Å². The molecule has 8 heteroatoms. The van der Waals surface area contributed by atoms with Gasteiger partial charge in [0.1, 0.15) is 11.3 Å². The van der Waals surface area contributed by atoms with E-state index in [1.807, 2.05) is 91.0 Å². The van der Waals surface area contributed by atoms with Crippen molar-refractivity contribution in [3.8, 4) is 0 Å². The summed E-state index contributed by atoms with van der Waals surface area (Å²) >= 11 is 0. The number of fused-ring (bicyclic) bond motifs is 1. The number of hydrogen-bond donors (Lipinski definition) is 1. The van der Waals surface area contributed by atoms with Crippen molar-refractivity contribution in [3.05, 3.63) is 137 Å². The highest BCUT2D eigenvalue weighted by Crippen LogP contribution is 2.37. The number of methoxy groups -OCH3 is 1. The Kier molecular flexibility index (Phi) is 7.47. The summed E-state index contributed by atoms with van der Waals surface area (Å²) in [6.07, 6.45) is 0.109. The second-order valence-corrected chi connectivity index (χ2v) is 9.16. The molecule has 0 aliphatic heterocycles. The van der Waals surface area contributed by atoms with E-state index in [0.29, 0.717) is 10.4 Å². The molecule has 0 bridgehead atoms. The third-order valence-electron chi connectivity index (χ3n) is 6.87. The Morgan fingerprint density at radius 3 is 1.85 bits per heavy atom. The van der Waals surface area contributed by atoms with Gasteiger partial charge in [-0.05, 0) is 35.2 Å².